The van der Waals surface area contributed by atoms with E-state index in [1.54, 1.807) is 0 Å². The van der Waals surface area contributed by atoms with Gasteiger partial charge in [-0.2, -0.15) is 0 Å². The number of carbonyl (C=O) groups excluding carboxylic acids is 1. The maximum atomic E-state index is 11.1. The highest BCUT2D eigenvalue weighted by Gasteiger charge is 2.00. The molecule has 0 atom stereocenters. The maximum Gasteiger partial charge on any atom is 0.305 e. The highest BCUT2D eigenvalue weighted by Crippen LogP contribution is 2.07. The monoisotopic (exact) mass is 264 g/mol. The summed E-state index contributed by atoms with van der Waals surface area (Å²) in [6.07, 6.45) is 1.10. The summed E-state index contributed by atoms with van der Waals surface area (Å²) < 4.78 is 4.62. The lowest BCUT2D eigenvalue weighted by molar-refractivity contribution is -0.140. The van der Waals surface area contributed by atoms with Gasteiger partial charge < -0.3 is 4.74 Å². The summed E-state index contributed by atoms with van der Waals surface area (Å²) >= 11 is 0. The van der Waals surface area contributed by atoms with Gasteiger partial charge in [0.05, 0.1) is 7.11 Å². The van der Waals surface area contributed by atoms with Crippen LogP contribution in [-0.4, -0.2) is 13.1 Å². The number of ether oxygens (including phenoxy) is 1. The Bertz CT molecular complexity index is 616. The van der Waals surface area contributed by atoms with Gasteiger partial charge in [0.2, 0.25) is 0 Å². The van der Waals surface area contributed by atoms with Gasteiger partial charge in [-0.3, -0.25) is 4.79 Å². The highest BCUT2D eigenvalue weighted by atomic mass is 16.5. The number of hydrogen-bond acceptors (Lipinski definition) is 2. The first-order chi connectivity index (χ1) is 9.78. The fraction of sp³-hybridized carbons (Fsp3) is 0.167. The van der Waals surface area contributed by atoms with Gasteiger partial charge in [-0.15, -0.1) is 0 Å². The molecule has 20 heavy (non-hydrogen) atoms. The van der Waals surface area contributed by atoms with Crippen molar-refractivity contribution in [2.75, 3.05) is 7.11 Å². The van der Waals surface area contributed by atoms with E-state index < -0.39 is 0 Å². The van der Waals surface area contributed by atoms with Crippen LogP contribution in [0.1, 0.15) is 23.1 Å². The second kappa shape index (κ2) is 7.16. The minimum absolute atomic E-state index is 0.182. The second-order valence-electron chi connectivity index (χ2n) is 4.39. The molecule has 0 saturated heterocycles. The zero-order valence-corrected chi connectivity index (χ0v) is 11.4. The Hall–Kier alpha value is -2.53. The van der Waals surface area contributed by atoms with Crippen LogP contribution in [0.5, 0.6) is 0 Å². The van der Waals surface area contributed by atoms with Crippen molar-refractivity contribution in [1.82, 2.24) is 0 Å². The largest absolute Gasteiger partial charge is 0.469 e. The summed E-state index contributed by atoms with van der Waals surface area (Å²) in [6, 6.07) is 17.8. The van der Waals surface area contributed by atoms with Gasteiger partial charge in [-0.05, 0) is 36.2 Å². The lowest BCUT2D eigenvalue weighted by Gasteiger charge is -2.00. The SMILES string of the molecule is COC(=O)CCc1ccc(C#Cc2ccccc2)cc1. The Labute approximate surface area is 119 Å². The maximum absolute atomic E-state index is 11.1. The molecule has 2 heteroatoms. The van der Waals surface area contributed by atoms with Crippen LogP contribution in [0.2, 0.25) is 0 Å². The molecule has 0 aliphatic carbocycles. The van der Waals surface area contributed by atoms with Gasteiger partial charge in [-0.1, -0.05) is 42.2 Å². The van der Waals surface area contributed by atoms with Crippen LogP contribution >= 0.6 is 0 Å². The molecule has 0 aromatic heterocycles. The molecule has 0 amide bonds. The second-order valence-corrected chi connectivity index (χ2v) is 4.39. The smallest absolute Gasteiger partial charge is 0.305 e. The number of hydrogen-bond donors (Lipinski definition) is 0. The molecule has 0 saturated carbocycles. The number of methoxy groups -OCH3 is 1. The first-order valence-corrected chi connectivity index (χ1v) is 6.51. The van der Waals surface area contributed by atoms with Crippen molar-refractivity contribution >= 4 is 5.97 Å². The molecular formula is C18H16O2. The molecule has 0 unspecified atom stereocenters. The Balaban J connectivity index is 1.98. The number of rotatable bonds is 3. The van der Waals surface area contributed by atoms with Gasteiger partial charge in [0, 0.05) is 17.5 Å². The Morgan fingerprint density at radius 2 is 1.55 bits per heavy atom. The molecule has 2 aromatic rings. The molecule has 0 heterocycles. The number of carbonyl (C=O) groups is 1. The van der Waals surface area contributed by atoms with E-state index in [4.69, 9.17) is 0 Å². The number of aryl methyl sites for hydroxylation is 1. The zero-order valence-electron chi connectivity index (χ0n) is 11.4. The fourth-order valence-corrected chi connectivity index (χ4v) is 1.77. The summed E-state index contributed by atoms with van der Waals surface area (Å²) in [5.41, 5.74) is 3.08. The number of esters is 1. The first kappa shape index (κ1) is 13.9. The third-order valence-electron chi connectivity index (χ3n) is 2.92. The first-order valence-electron chi connectivity index (χ1n) is 6.51. The van der Waals surface area contributed by atoms with Crippen molar-refractivity contribution in [3.05, 3.63) is 71.3 Å². The lowest BCUT2D eigenvalue weighted by atomic mass is 10.1. The topological polar surface area (TPSA) is 26.3 Å². The van der Waals surface area contributed by atoms with Gasteiger partial charge in [0.25, 0.3) is 0 Å². The zero-order chi connectivity index (χ0) is 14.2. The normalized spacial score (nSPS) is 9.45. The van der Waals surface area contributed by atoms with Crippen LogP contribution < -0.4 is 0 Å². The van der Waals surface area contributed by atoms with Crippen molar-refractivity contribution in [2.24, 2.45) is 0 Å². The van der Waals surface area contributed by atoms with Crippen molar-refractivity contribution in [3.63, 3.8) is 0 Å². The van der Waals surface area contributed by atoms with Crippen molar-refractivity contribution in [1.29, 1.82) is 0 Å². The van der Waals surface area contributed by atoms with Gasteiger partial charge in [0.15, 0.2) is 0 Å². The van der Waals surface area contributed by atoms with Gasteiger partial charge >= 0.3 is 5.97 Å². The van der Waals surface area contributed by atoms with Crippen LogP contribution in [0, 0.1) is 11.8 Å². The molecule has 2 rings (SSSR count). The minimum Gasteiger partial charge on any atom is -0.469 e. The van der Waals surface area contributed by atoms with Crippen molar-refractivity contribution in [2.45, 2.75) is 12.8 Å². The van der Waals surface area contributed by atoms with Crippen LogP contribution in [-0.2, 0) is 16.0 Å². The molecule has 2 nitrogen and oxygen atoms in total. The molecule has 0 bridgehead atoms. The van der Waals surface area contributed by atoms with Crippen molar-refractivity contribution in [3.8, 4) is 11.8 Å². The quantitative estimate of drug-likeness (QED) is 0.628. The Kier molecular flexibility index (Phi) is 4.97. The molecule has 0 fully saturated rings. The van der Waals surface area contributed by atoms with Crippen LogP contribution in [0.4, 0.5) is 0 Å². The molecule has 0 spiro atoms. The van der Waals surface area contributed by atoms with E-state index in [0.29, 0.717) is 12.8 Å². The predicted molar refractivity (Wildman–Crippen MR) is 79.2 cm³/mol. The van der Waals surface area contributed by atoms with Crippen LogP contribution in [0.25, 0.3) is 0 Å². The standard InChI is InChI=1S/C18H16O2/c1-20-18(19)14-13-17-11-9-16(10-12-17)8-7-15-5-3-2-4-6-15/h2-6,9-12H,13-14H2,1H3. The van der Waals surface area contributed by atoms with Crippen LogP contribution in [0.3, 0.4) is 0 Å². The Morgan fingerprint density at radius 1 is 0.950 bits per heavy atom. The molecule has 0 N–H and O–H groups in total. The molecule has 2 aromatic carbocycles. The van der Waals surface area contributed by atoms with E-state index in [-0.39, 0.29) is 5.97 Å². The summed E-state index contributed by atoms with van der Waals surface area (Å²) in [7, 11) is 1.41. The van der Waals surface area contributed by atoms with E-state index in [1.807, 2.05) is 54.6 Å². The fourth-order valence-electron chi connectivity index (χ4n) is 1.77. The van der Waals surface area contributed by atoms with Gasteiger partial charge in [0.1, 0.15) is 0 Å². The van der Waals surface area contributed by atoms with E-state index >= 15 is 0 Å². The number of benzene rings is 2. The molecule has 0 aliphatic rings. The van der Waals surface area contributed by atoms with E-state index in [1.165, 1.54) is 7.11 Å². The predicted octanol–water partition coefficient (Wildman–Crippen LogP) is 3.19. The van der Waals surface area contributed by atoms with Gasteiger partial charge in [-0.25, -0.2) is 0 Å². The molecule has 0 radical (unpaired) electrons. The summed E-state index contributed by atoms with van der Waals surface area (Å²) in [5, 5.41) is 0. The molecule has 0 aliphatic heterocycles. The van der Waals surface area contributed by atoms with E-state index in [2.05, 4.69) is 16.6 Å². The van der Waals surface area contributed by atoms with E-state index in [0.717, 1.165) is 16.7 Å². The highest BCUT2D eigenvalue weighted by molar-refractivity contribution is 5.69. The van der Waals surface area contributed by atoms with Crippen molar-refractivity contribution < 1.29 is 9.53 Å². The average molecular weight is 264 g/mol. The average Bonchev–Trinajstić information content (AvgIpc) is 2.52. The minimum atomic E-state index is -0.182. The Morgan fingerprint density at radius 3 is 2.15 bits per heavy atom. The summed E-state index contributed by atoms with van der Waals surface area (Å²) in [6.45, 7) is 0. The molecule has 100 valence electrons. The molecular weight excluding hydrogens is 248 g/mol. The van der Waals surface area contributed by atoms with E-state index in [9.17, 15) is 4.79 Å². The third-order valence-corrected chi connectivity index (χ3v) is 2.92. The third kappa shape index (κ3) is 4.29. The lowest BCUT2D eigenvalue weighted by Crippen LogP contribution is -2.01. The summed E-state index contributed by atoms with van der Waals surface area (Å²) in [5.74, 6) is 6.06. The summed E-state index contributed by atoms with van der Waals surface area (Å²) in [4.78, 5) is 11.1. The van der Waals surface area contributed by atoms with Crippen LogP contribution in [0.15, 0.2) is 54.6 Å².